The van der Waals surface area contributed by atoms with E-state index in [1.165, 1.54) is 18.5 Å². The number of nitrogens with zero attached hydrogens (tertiary/aromatic N) is 1. The maximum atomic E-state index is 12.3. The number of likely N-dealkylation sites (N-methyl/N-ethyl adjacent to an activating group) is 1. The first-order valence-electron chi connectivity index (χ1n) is 5.81. The molecule has 0 bridgehead atoms. The Morgan fingerprint density at radius 3 is 2.95 bits per heavy atom. The van der Waals surface area contributed by atoms with Crippen LogP contribution in [0.15, 0.2) is 16.3 Å². The van der Waals surface area contributed by atoms with Gasteiger partial charge in [0.15, 0.2) is 0 Å². The zero-order valence-electron chi connectivity index (χ0n) is 10.4. The Bertz CT molecular complexity index is 559. The van der Waals surface area contributed by atoms with Crippen molar-refractivity contribution in [1.82, 2.24) is 4.31 Å². The minimum absolute atomic E-state index is 0.105. The van der Waals surface area contributed by atoms with Crippen LogP contribution in [0.3, 0.4) is 0 Å². The molecule has 2 rings (SSSR count). The van der Waals surface area contributed by atoms with E-state index < -0.39 is 16.0 Å². The number of carboxylic acid groups (broad SMARTS) is 1. The summed E-state index contributed by atoms with van der Waals surface area (Å²) in [7, 11) is -2.33. The average Bonchev–Trinajstić information content (AvgIpc) is 2.98. The fourth-order valence-corrected chi connectivity index (χ4v) is 4.43. The van der Waals surface area contributed by atoms with E-state index in [-0.39, 0.29) is 22.4 Å². The number of hydrogen-bond acceptors (Lipinski definition) is 5. The van der Waals surface area contributed by atoms with E-state index in [4.69, 9.17) is 9.84 Å². The minimum atomic E-state index is -3.78. The number of sulfonamides is 1. The second-order valence-corrected chi connectivity index (χ2v) is 7.27. The molecule has 1 aliphatic heterocycles. The fourth-order valence-electron chi connectivity index (χ4n) is 2.00. The van der Waals surface area contributed by atoms with Crippen molar-refractivity contribution in [3.63, 3.8) is 0 Å². The van der Waals surface area contributed by atoms with Gasteiger partial charge in [-0.1, -0.05) is 0 Å². The number of thiophene rings is 1. The molecule has 1 fully saturated rings. The summed E-state index contributed by atoms with van der Waals surface area (Å²) in [6.45, 7) is 0.897. The number of rotatable bonds is 5. The number of carbonyl (C=O) groups is 1. The lowest BCUT2D eigenvalue weighted by Gasteiger charge is -2.20. The van der Waals surface area contributed by atoms with Crippen LogP contribution in [0.5, 0.6) is 0 Å². The highest BCUT2D eigenvalue weighted by atomic mass is 32.2. The van der Waals surface area contributed by atoms with Crippen molar-refractivity contribution in [2.24, 2.45) is 0 Å². The van der Waals surface area contributed by atoms with Gasteiger partial charge < -0.3 is 9.84 Å². The van der Waals surface area contributed by atoms with Gasteiger partial charge in [0.2, 0.25) is 10.0 Å². The van der Waals surface area contributed by atoms with E-state index >= 15 is 0 Å². The van der Waals surface area contributed by atoms with Gasteiger partial charge in [0.25, 0.3) is 0 Å². The summed E-state index contributed by atoms with van der Waals surface area (Å²) in [5.41, 5.74) is 0. The molecule has 0 amide bonds. The topological polar surface area (TPSA) is 83.9 Å². The monoisotopic (exact) mass is 305 g/mol. The Labute approximate surface area is 115 Å². The van der Waals surface area contributed by atoms with Gasteiger partial charge in [-0.2, -0.15) is 4.31 Å². The predicted molar refractivity (Wildman–Crippen MR) is 70.1 cm³/mol. The summed E-state index contributed by atoms with van der Waals surface area (Å²) in [4.78, 5) is 10.7. The van der Waals surface area contributed by atoms with Gasteiger partial charge in [0.05, 0.1) is 6.10 Å². The molecule has 19 heavy (non-hydrogen) atoms. The maximum Gasteiger partial charge on any atom is 0.347 e. The van der Waals surface area contributed by atoms with E-state index in [2.05, 4.69) is 0 Å². The molecule has 1 aliphatic rings. The van der Waals surface area contributed by atoms with Crippen LogP contribution in [-0.4, -0.2) is 50.1 Å². The van der Waals surface area contributed by atoms with E-state index in [0.717, 1.165) is 28.5 Å². The van der Waals surface area contributed by atoms with Gasteiger partial charge in [-0.25, -0.2) is 13.2 Å². The second kappa shape index (κ2) is 5.58. The van der Waals surface area contributed by atoms with Crippen molar-refractivity contribution in [2.45, 2.75) is 23.8 Å². The predicted octanol–water partition coefficient (Wildman–Crippen LogP) is 1.25. The lowest BCUT2D eigenvalue weighted by molar-refractivity contribution is 0.0698. The van der Waals surface area contributed by atoms with Crippen molar-refractivity contribution in [3.8, 4) is 0 Å². The lowest BCUT2D eigenvalue weighted by atomic mass is 10.2. The molecule has 1 N–H and O–H groups in total. The average molecular weight is 305 g/mol. The molecule has 0 aliphatic carbocycles. The van der Waals surface area contributed by atoms with Crippen molar-refractivity contribution in [2.75, 3.05) is 20.2 Å². The number of hydrogen-bond donors (Lipinski definition) is 1. The summed E-state index contributed by atoms with van der Waals surface area (Å²) in [5.74, 6) is -1.22. The standard InChI is InChI=1S/C11H15NO5S2/c1-12(7-8-3-2-5-17-8)19(15,16)9-4-6-18-10(9)11(13)14/h4,6,8H,2-3,5,7H2,1H3,(H,13,14). The first-order valence-corrected chi connectivity index (χ1v) is 8.13. The van der Waals surface area contributed by atoms with E-state index in [9.17, 15) is 13.2 Å². The van der Waals surface area contributed by atoms with Crippen LogP contribution in [0.25, 0.3) is 0 Å². The molecule has 2 heterocycles. The maximum absolute atomic E-state index is 12.3. The highest BCUT2D eigenvalue weighted by Crippen LogP contribution is 2.25. The summed E-state index contributed by atoms with van der Waals surface area (Å²) < 4.78 is 31.2. The SMILES string of the molecule is CN(CC1CCCO1)S(=O)(=O)c1ccsc1C(=O)O. The van der Waals surface area contributed by atoms with Gasteiger partial charge in [0, 0.05) is 20.2 Å². The molecule has 1 aromatic heterocycles. The third kappa shape index (κ3) is 2.97. The smallest absolute Gasteiger partial charge is 0.347 e. The Morgan fingerprint density at radius 1 is 1.63 bits per heavy atom. The van der Waals surface area contributed by atoms with Crippen LogP contribution in [0, 0.1) is 0 Å². The van der Waals surface area contributed by atoms with Crippen LogP contribution in [0.4, 0.5) is 0 Å². The molecular weight excluding hydrogens is 290 g/mol. The lowest BCUT2D eigenvalue weighted by Crippen LogP contribution is -2.34. The molecule has 1 atom stereocenters. The van der Waals surface area contributed by atoms with Gasteiger partial charge in [-0.05, 0) is 24.3 Å². The van der Waals surface area contributed by atoms with E-state index in [1.807, 2.05) is 0 Å². The molecule has 1 unspecified atom stereocenters. The zero-order valence-corrected chi connectivity index (χ0v) is 12.0. The van der Waals surface area contributed by atoms with Crippen molar-refractivity contribution < 1.29 is 23.1 Å². The van der Waals surface area contributed by atoms with Crippen molar-refractivity contribution in [3.05, 3.63) is 16.3 Å². The Balaban J connectivity index is 2.20. The molecule has 1 aromatic rings. The van der Waals surface area contributed by atoms with Gasteiger partial charge >= 0.3 is 5.97 Å². The highest BCUT2D eigenvalue weighted by Gasteiger charge is 2.30. The Kier molecular flexibility index (Phi) is 4.24. The number of aromatic carboxylic acids is 1. The van der Waals surface area contributed by atoms with E-state index in [1.54, 1.807) is 0 Å². The largest absolute Gasteiger partial charge is 0.477 e. The van der Waals surface area contributed by atoms with Crippen LogP contribution >= 0.6 is 11.3 Å². The third-order valence-corrected chi connectivity index (χ3v) is 5.89. The molecule has 1 saturated heterocycles. The van der Waals surface area contributed by atoms with Crippen LogP contribution in [0.1, 0.15) is 22.5 Å². The summed E-state index contributed by atoms with van der Waals surface area (Å²) >= 11 is 0.908. The molecule has 0 aromatic carbocycles. The van der Waals surface area contributed by atoms with Gasteiger partial charge in [-0.15, -0.1) is 11.3 Å². The highest BCUT2D eigenvalue weighted by molar-refractivity contribution is 7.89. The Morgan fingerprint density at radius 2 is 2.37 bits per heavy atom. The van der Waals surface area contributed by atoms with Gasteiger partial charge in [0.1, 0.15) is 9.77 Å². The molecule has 8 heteroatoms. The molecule has 0 saturated carbocycles. The summed E-state index contributed by atoms with van der Waals surface area (Å²) in [6, 6.07) is 1.33. The first kappa shape index (κ1) is 14.4. The molecular formula is C11H15NO5S2. The molecule has 106 valence electrons. The van der Waals surface area contributed by atoms with Crippen LogP contribution in [0.2, 0.25) is 0 Å². The molecule has 0 radical (unpaired) electrons. The minimum Gasteiger partial charge on any atom is -0.477 e. The summed E-state index contributed by atoms with van der Waals surface area (Å²) in [5, 5.41) is 10.5. The van der Waals surface area contributed by atoms with E-state index in [0.29, 0.717) is 6.61 Å². The normalized spacial score (nSPS) is 20.0. The van der Waals surface area contributed by atoms with Crippen molar-refractivity contribution in [1.29, 1.82) is 0 Å². The summed E-state index contributed by atoms with van der Waals surface area (Å²) in [6.07, 6.45) is 1.65. The van der Waals surface area contributed by atoms with Gasteiger partial charge in [-0.3, -0.25) is 0 Å². The van der Waals surface area contributed by atoms with Crippen molar-refractivity contribution >= 4 is 27.3 Å². The first-order chi connectivity index (χ1) is 8.93. The zero-order chi connectivity index (χ0) is 14.0. The second-order valence-electron chi connectivity index (χ2n) is 4.34. The quantitative estimate of drug-likeness (QED) is 0.885. The fraction of sp³-hybridized carbons (Fsp3) is 0.545. The van der Waals surface area contributed by atoms with Crippen LogP contribution < -0.4 is 0 Å². The molecule has 6 nitrogen and oxygen atoms in total. The number of ether oxygens (including phenoxy) is 1. The Hall–Kier alpha value is -0.960. The molecule has 0 spiro atoms. The number of carboxylic acids is 1. The van der Waals surface area contributed by atoms with Crippen LogP contribution in [-0.2, 0) is 14.8 Å². The third-order valence-electron chi connectivity index (χ3n) is 3.00.